The number of anilines is 1. The van der Waals surface area contributed by atoms with Gasteiger partial charge in [0, 0.05) is 19.5 Å². The van der Waals surface area contributed by atoms with E-state index in [-0.39, 0.29) is 24.8 Å². The number of hydrogen-bond donors (Lipinski definition) is 2. The quantitative estimate of drug-likeness (QED) is 0.372. The number of aliphatic imine (C=N–C) groups is 1. The van der Waals surface area contributed by atoms with Gasteiger partial charge in [-0.1, -0.05) is 45.1 Å². The Morgan fingerprint density at radius 3 is 2.53 bits per heavy atom. The van der Waals surface area contributed by atoms with E-state index in [4.69, 9.17) is 4.99 Å². The Kier molecular flexibility index (Phi) is 10.1. The molecule has 1 amide bonds. The van der Waals surface area contributed by atoms with Crippen molar-refractivity contribution in [1.29, 1.82) is 0 Å². The van der Waals surface area contributed by atoms with E-state index in [1.807, 2.05) is 13.8 Å². The zero-order valence-electron chi connectivity index (χ0n) is 21.4. The highest BCUT2D eigenvalue weighted by Gasteiger charge is 2.26. The lowest BCUT2D eigenvalue weighted by Crippen LogP contribution is -2.39. The van der Waals surface area contributed by atoms with E-state index in [9.17, 15) is 14.7 Å². The minimum Gasteiger partial charge on any atom is -0.395 e. The van der Waals surface area contributed by atoms with Gasteiger partial charge in [-0.15, -0.1) is 0 Å². The maximum atomic E-state index is 13.3. The standard InChI is InChI=1S/C28H43N3O3/c1-4-15-31(19-25(33)13-10-22-8-6-5-7-9-22)28(34)21(3)30-27-20(2)17-24(23-11-12-23)18-26(27)29-14-16-32/h17-18,22-23,29,32H,4-16,19H2,1-3H3. The van der Waals surface area contributed by atoms with Crippen LogP contribution in [-0.2, 0) is 9.59 Å². The molecule has 0 heterocycles. The molecule has 34 heavy (non-hydrogen) atoms. The van der Waals surface area contributed by atoms with Crippen molar-refractivity contribution in [2.45, 2.75) is 90.9 Å². The van der Waals surface area contributed by atoms with E-state index >= 15 is 0 Å². The predicted molar refractivity (Wildman–Crippen MR) is 139 cm³/mol. The van der Waals surface area contributed by atoms with Crippen molar-refractivity contribution in [3.8, 4) is 0 Å². The van der Waals surface area contributed by atoms with Gasteiger partial charge in [-0.2, -0.15) is 0 Å². The number of nitrogens with one attached hydrogen (secondary N) is 1. The number of nitrogens with zero attached hydrogens (tertiary/aromatic N) is 2. The molecular formula is C28H43N3O3. The molecule has 2 aliphatic carbocycles. The molecule has 0 saturated heterocycles. The van der Waals surface area contributed by atoms with Gasteiger partial charge in [0.2, 0.25) is 0 Å². The number of aryl methyl sites for hydroxylation is 1. The van der Waals surface area contributed by atoms with Crippen LogP contribution in [0.15, 0.2) is 17.1 Å². The zero-order valence-corrected chi connectivity index (χ0v) is 21.4. The van der Waals surface area contributed by atoms with Gasteiger partial charge in [0.15, 0.2) is 5.78 Å². The summed E-state index contributed by atoms with van der Waals surface area (Å²) in [6.45, 7) is 6.96. The zero-order chi connectivity index (χ0) is 24.5. The second-order valence-corrected chi connectivity index (χ2v) is 10.2. The molecule has 0 radical (unpaired) electrons. The van der Waals surface area contributed by atoms with Gasteiger partial charge >= 0.3 is 0 Å². The lowest BCUT2D eigenvalue weighted by atomic mass is 9.85. The van der Waals surface area contributed by atoms with Crippen LogP contribution in [0, 0.1) is 12.8 Å². The smallest absolute Gasteiger partial charge is 0.268 e. The molecule has 3 rings (SSSR count). The molecule has 1 aromatic carbocycles. The number of Topliss-reactive ketones (excluding diaryl/α,β-unsaturated/α-hetero) is 1. The number of hydrogen-bond acceptors (Lipinski definition) is 5. The average Bonchev–Trinajstić information content (AvgIpc) is 3.68. The first-order chi connectivity index (χ1) is 16.4. The first-order valence-electron chi connectivity index (χ1n) is 13.3. The van der Waals surface area contributed by atoms with Crippen LogP contribution in [0.3, 0.4) is 0 Å². The molecule has 0 aromatic heterocycles. The molecule has 0 aliphatic heterocycles. The van der Waals surface area contributed by atoms with Crippen LogP contribution < -0.4 is 5.32 Å². The van der Waals surface area contributed by atoms with E-state index < -0.39 is 0 Å². The van der Waals surface area contributed by atoms with E-state index in [1.54, 1.807) is 11.8 Å². The summed E-state index contributed by atoms with van der Waals surface area (Å²) in [6.07, 6.45) is 11.1. The summed E-state index contributed by atoms with van der Waals surface area (Å²) in [5.41, 5.74) is 4.29. The summed E-state index contributed by atoms with van der Waals surface area (Å²) >= 11 is 0. The highest BCUT2D eigenvalue weighted by Crippen LogP contribution is 2.43. The summed E-state index contributed by atoms with van der Waals surface area (Å²) in [6, 6.07) is 4.27. The van der Waals surface area contributed by atoms with Gasteiger partial charge in [0.05, 0.1) is 24.5 Å². The molecular weight excluding hydrogens is 426 g/mol. The monoisotopic (exact) mass is 469 g/mol. The Morgan fingerprint density at radius 2 is 1.88 bits per heavy atom. The fourth-order valence-electron chi connectivity index (χ4n) is 5.03. The van der Waals surface area contributed by atoms with Crippen molar-refractivity contribution in [1.82, 2.24) is 4.90 Å². The number of amides is 1. The number of aliphatic hydroxyl groups excluding tert-OH is 1. The van der Waals surface area contributed by atoms with Crippen molar-refractivity contribution in [3.05, 3.63) is 23.3 Å². The Hall–Kier alpha value is -2.21. The maximum Gasteiger partial charge on any atom is 0.268 e. The number of carbonyl (C=O) groups excluding carboxylic acids is 2. The van der Waals surface area contributed by atoms with Crippen LogP contribution >= 0.6 is 0 Å². The first-order valence-corrected chi connectivity index (χ1v) is 13.3. The Labute approximate surface area is 205 Å². The van der Waals surface area contributed by atoms with Crippen molar-refractivity contribution in [2.24, 2.45) is 10.9 Å². The van der Waals surface area contributed by atoms with Gasteiger partial charge < -0.3 is 15.3 Å². The van der Waals surface area contributed by atoms with Crippen molar-refractivity contribution < 1.29 is 14.7 Å². The SMILES string of the molecule is CCCN(CC(=O)CCC1CCCCC1)C(=O)C(C)=Nc1c(C)cc(C2CC2)cc1NCCO. The second-order valence-electron chi connectivity index (χ2n) is 10.2. The van der Waals surface area contributed by atoms with Crippen LogP contribution in [0.4, 0.5) is 11.4 Å². The van der Waals surface area contributed by atoms with Gasteiger partial charge in [-0.05, 0) is 68.6 Å². The fourth-order valence-corrected chi connectivity index (χ4v) is 5.03. The minimum atomic E-state index is -0.174. The second kappa shape index (κ2) is 13.0. The molecule has 188 valence electrons. The molecule has 0 bridgehead atoms. The number of carbonyl (C=O) groups is 2. The third-order valence-electron chi connectivity index (χ3n) is 7.09. The summed E-state index contributed by atoms with van der Waals surface area (Å²) in [5, 5.41) is 12.6. The van der Waals surface area contributed by atoms with Gasteiger partial charge in [0.25, 0.3) is 5.91 Å². The van der Waals surface area contributed by atoms with Gasteiger partial charge in [-0.3, -0.25) is 9.59 Å². The molecule has 2 fully saturated rings. The van der Waals surface area contributed by atoms with Crippen LogP contribution in [0.25, 0.3) is 0 Å². The third-order valence-corrected chi connectivity index (χ3v) is 7.09. The van der Waals surface area contributed by atoms with Crippen LogP contribution in [0.5, 0.6) is 0 Å². The molecule has 0 atom stereocenters. The molecule has 1 aromatic rings. The van der Waals surface area contributed by atoms with E-state index in [1.165, 1.54) is 50.5 Å². The number of ketones is 1. The molecule has 0 unspecified atom stereocenters. The molecule has 2 N–H and O–H groups in total. The highest BCUT2D eigenvalue weighted by atomic mass is 16.3. The van der Waals surface area contributed by atoms with Gasteiger partial charge in [0.1, 0.15) is 5.71 Å². The van der Waals surface area contributed by atoms with Crippen LogP contribution in [0.2, 0.25) is 0 Å². The van der Waals surface area contributed by atoms with Crippen molar-refractivity contribution in [3.63, 3.8) is 0 Å². The minimum absolute atomic E-state index is 0.0288. The van der Waals surface area contributed by atoms with E-state index in [2.05, 4.69) is 17.4 Å². The van der Waals surface area contributed by atoms with E-state index in [0.29, 0.717) is 37.1 Å². The third kappa shape index (κ3) is 7.66. The van der Waals surface area contributed by atoms with E-state index in [0.717, 1.165) is 29.8 Å². The summed E-state index contributed by atoms with van der Waals surface area (Å²) in [4.78, 5) is 32.4. The molecule has 0 spiro atoms. The molecule has 6 heteroatoms. The lowest BCUT2D eigenvalue weighted by Gasteiger charge is -2.23. The number of rotatable bonds is 13. The van der Waals surface area contributed by atoms with Gasteiger partial charge in [-0.25, -0.2) is 4.99 Å². The maximum absolute atomic E-state index is 13.3. The molecule has 2 aliphatic rings. The molecule has 6 nitrogen and oxygen atoms in total. The summed E-state index contributed by atoms with van der Waals surface area (Å²) in [7, 11) is 0. The fraction of sp³-hybridized carbons (Fsp3) is 0.679. The number of aliphatic hydroxyl groups is 1. The summed E-state index contributed by atoms with van der Waals surface area (Å²) < 4.78 is 0. The lowest BCUT2D eigenvalue weighted by molar-refractivity contribution is -0.130. The first kappa shape index (κ1) is 26.4. The normalized spacial score (nSPS) is 17.0. The number of benzene rings is 1. The van der Waals surface area contributed by atoms with Crippen LogP contribution in [0.1, 0.15) is 95.1 Å². The Bertz CT molecular complexity index is 870. The van der Waals surface area contributed by atoms with Crippen molar-refractivity contribution >= 4 is 28.8 Å². The highest BCUT2D eigenvalue weighted by molar-refractivity contribution is 6.38. The largest absolute Gasteiger partial charge is 0.395 e. The van der Waals surface area contributed by atoms with Crippen LogP contribution in [-0.4, -0.2) is 53.6 Å². The van der Waals surface area contributed by atoms with Crippen molar-refractivity contribution in [2.75, 3.05) is 31.6 Å². The molecule has 2 saturated carbocycles. The summed E-state index contributed by atoms with van der Waals surface area (Å²) in [5.74, 6) is 1.25. The Morgan fingerprint density at radius 1 is 1.15 bits per heavy atom. The topological polar surface area (TPSA) is 82.0 Å². The predicted octanol–water partition coefficient (Wildman–Crippen LogP) is 5.54. The Balaban J connectivity index is 1.70. The average molecular weight is 470 g/mol.